The predicted molar refractivity (Wildman–Crippen MR) is 75.3 cm³/mol. The molecule has 1 aromatic rings. The van der Waals surface area contributed by atoms with Gasteiger partial charge in [0, 0.05) is 11.8 Å². The molecule has 0 saturated heterocycles. The zero-order valence-electron chi connectivity index (χ0n) is 10.8. The highest BCUT2D eigenvalue weighted by Gasteiger charge is 2.11. The van der Waals surface area contributed by atoms with Crippen LogP contribution in [0.25, 0.3) is 0 Å². The number of benzene rings is 1. The molecule has 90 valence electrons. The molecule has 0 fully saturated rings. The van der Waals surface area contributed by atoms with E-state index >= 15 is 0 Å². The molecule has 16 heavy (non-hydrogen) atoms. The summed E-state index contributed by atoms with van der Waals surface area (Å²) < 4.78 is 0. The molecule has 0 aliphatic heterocycles. The molecule has 0 aliphatic rings. The van der Waals surface area contributed by atoms with E-state index in [9.17, 15) is 0 Å². The lowest BCUT2D eigenvalue weighted by atomic mass is 9.99. The molecule has 0 amide bonds. The fraction of sp³-hybridized carbons (Fsp3) is 0.571. The summed E-state index contributed by atoms with van der Waals surface area (Å²) in [5.41, 5.74) is 2.78. The van der Waals surface area contributed by atoms with Gasteiger partial charge in [-0.05, 0) is 37.6 Å². The Morgan fingerprint density at radius 2 is 1.69 bits per heavy atom. The maximum atomic E-state index is 4.41. The van der Waals surface area contributed by atoms with Gasteiger partial charge in [-0.2, -0.15) is 12.6 Å². The standard InChI is InChI=1S/C14H23NS/c1-11(2)9-12-5-7-13(8-6-12)14(10-16)15(3)4/h5-8,11,14,16H,9-10H2,1-4H3. The highest BCUT2D eigenvalue weighted by molar-refractivity contribution is 7.80. The highest BCUT2D eigenvalue weighted by Crippen LogP contribution is 2.20. The Morgan fingerprint density at radius 3 is 2.06 bits per heavy atom. The van der Waals surface area contributed by atoms with Crippen molar-refractivity contribution in [3.05, 3.63) is 35.4 Å². The Morgan fingerprint density at radius 1 is 1.12 bits per heavy atom. The van der Waals surface area contributed by atoms with Crippen LogP contribution in [-0.4, -0.2) is 24.7 Å². The summed E-state index contributed by atoms with van der Waals surface area (Å²) in [6.45, 7) is 4.51. The molecule has 0 saturated carbocycles. The summed E-state index contributed by atoms with van der Waals surface area (Å²) in [6, 6.07) is 9.37. The van der Waals surface area contributed by atoms with E-state index in [1.54, 1.807) is 0 Å². The van der Waals surface area contributed by atoms with E-state index in [1.165, 1.54) is 11.1 Å². The minimum Gasteiger partial charge on any atom is -0.302 e. The first-order valence-electron chi connectivity index (χ1n) is 5.90. The van der Waals surface area contributed by atoms with Crippen LogP contribution in [0.4, 0.5) is 0 Å². The second-order valence-corrected chi connectivity index (χ2v) is 5.37. The van der Waals surface area contributed by atoms with E-state index in [0.29, 0.717) is 6.04 Å². The quantitative estimate of drug-likeness (QED) is 0.768. The monoisotopic (exact) mass is 237 g/mol. The van der Waals surface area contributed by atoms with Crippen molar-refractivity contribution in [2.24, 2.45) is 5.92 Å². The molecule has 1 atom stereocenters. The molecule has 1 rings (SSSR count). The van der Waals surface area contributed by atoms with Gasteiger partial charge in [0.1, 0.15) is 0 Å². The third-order valence-electron chi connectivity index (χ3n) is 2.80. The topological polar surface area (TPSA) is 3.24 Å². The molecule has 1 aromatic carbocycles. The maximum absolute atomic E-state index is 4.41. The molecule has 1 nitrogen and oxygen atoms in total. The zero-order valence-corrected chi connectivity index (χ0v) is 11.7. The van der Waals surface area contributed by atoms with Crippen LogP contribution >= 0.6 is 12.6 Å². The van der Waals surface area contributed by atoms with Crippen LogP contribution in [0.3, 0.4) is 0 Å². The summed E-state index contributed by atoms with van der Waals surface area (Å²) in [5, 5.41) is 0. The van der Waals surface area contributed by atoms with E-state index in [4.69, 9.17) is 0 Å². The third kappa shape index (κ3) is 3.84. The Hall–Kier alpha value is -0.470. The van der Waals surface area contributed by atoms with Crippen LogP contribution in [-0.2, 0) is 6.42 Å². The first-order chi connectivity index (χ1) is 7.54. The Balaban J connectivity index is 2.77. The van der Waals surface area contributed by atoms with Crippen molar-refractivity contribution < 1.29 is 0 Å². The molecule has 1 unspecified atom stereocenters. The van der Waals surface area contributed by atoms with Gasteiger partial charge < -0.3 is 4.90 Å². The van der Waals surface area contributed by atoms with Crippen LogP contribution in [0.2, 0.25) is 0 Å². The molecule has 0 aromatic heterocycles. The summed E-state index contributed by atoms with van der Waals surface area (Å²) in [7, 11) is 4.20. The Kier molecular flexibility index (Phi) is 5.36. The van der Waals surface area contributed by atoms with Crippen molar-refractivity contribution >= 4 is 12.6 Å². The van der Waals surface area contributed by atoms with Crippen molar-refractivity contribution in [3.63, 3.8) is 0 Å². The summed E-state index contributed by atoms with van der Waals surface area (Å²) >= 11 is 4.41. The lowest BCUT2D eigenvalue weighted by molar-refractivity contribution is 0.326. The lowest BCUT2D eigenvalue weighted by Crippen LogP contribution is -2.21. The summed E-state index contributed by atoms with van der Waals surface area (Å²) in [4.78, 5) is 2.21. The van der Waals surface area contributed by atoms with E-state index < -0.39 is 0 Å². The van der Waals surface area contributed by atoms with Gasteiger partial charge in [-0.3, -0.25) is 0 Å². The molecular weight excluding hydrogens is 214 g/mol. The van der Waals surface area contributed by atoms with Gasteiger partial charge in [0.05, 0.1) is 0 Å². The van der Waals surface area contributed by atoms with Gasteiger partial charge >= 0.3 is 0 Å². The minimum absolute atomic E-state index is 0.413. The van der Waals surface area contributed by atoms with Crippen molar-refractivity contribution in [2.45, 2.75) is 26.3 Å². The highest BCUT2D eigenvalue weighted by atomic mass is 32.1. The largest absolute Gasteiger partial charge is 0.302 e. The van der Waals surface area contributed by atoms with Crippen LogP contribution in [0.5, 0.6) is 0 Å². The second-order valence-electron chi connectivity index (χ2n) is 5.00. The third-order valence-corrected chi connectivity index (χ3v) is 3.15. The minimum atomic E-state index is 0.413. The molecular formula is C14H23NS. The van der Waals surface area contributed by atoms with Crippen LogP contribution in [0, 0.1) is 5.92 Å². The first kappa shape index (κ1) is 13.6. The van der Waals surface area contributed by atoms with Crippen LogP contribution in [0.1, 0.15) is 31.0 Å². The Labute approximate surface area is 105 Å². The number of thiol groups is 1. The number of hydrogen-bond donors (Lipinski definition) is 1. The average Bonchev–Trinajstić information content (AvgIpc) is 2.20. The molecule has 0 heterocycles. The van der Waals surface area contributed by atoms with Gasteiger partial charge in [0.15, 0.2) is 0 Å². The van der Waals surface area contributed by atoms with Crippen molar-refractivity contribution in [1.29, 1.82) is 0 Å². The zero-order chi connectivity index (χ0) is 12.1. The average molecular weight is 237 g/mol. The van der Waals surface area contributed by atoms with Crippen molar-refractivity contribution in [3.8, 4) is 0 Å². The van der Waals surface area contributed by atoms with Crippen molar-refractivity contribution in [2.75, 3.05) is 19.8 Å². The van der Waals surface area contributed by atoms with E-state index in [0.717, 1.165) is 18.1 Å². The fourth-order valence-electron chi connectivity index (χ4n) is 1.91. The van der Waals surface area contributed by atoms with Gasteiger partial charge in [0.25, 0.3) is 0 Å². The molecule has 0 spiro atoms. The lowest BCUT2D eigenvalue weighted by Gasteiger charge is -2.23. The molecule has 2 heteroatoms. The van der Waals surface area contributed by atoms with E-state index in [2.05, 4.69) is 69.7 Å². The van der Waals surface area contributed by atoms with Crippen LogP contribution < -0.4 is 0 Å². The van der Waals surface area contributed by atoms with Crippen molar-refractivity contribution in [1.82, 2.24) is 4.90 Å². The predicted octanol–water partition coefficient (Wildman–Crippen LogP) is 3.42. The molecule has 0 N–H and O–H groups in total. The summed E-state index contributed by atoms with van der Waals surface area (Å²) in [5.74, 6) is 1.58. The number of nitrogens with zero attached hydrogens (tertiary/aromatic N) is 1. The van der Waals surface area contributed by atoms with Crippen LogP contribution in [0.15, 0.2) is 24.3 Å². The SMILES string of the molecule is CC(C)Cc1ccc(C(CS)N(C)C)cc1. The number of rotatable bonds is 5. The molecule has 0 radical (unpaired) electrons. The van der Waals surface area contributed by atoms with E-state index in [-0.39, 0.29) is 0 Å². The maximum Gasteiger partial charge on any atom is 0.0429 e. The van der Waals surface area contributed by atoms with Gasteiger partial charge in [0.2, 0.25) is 0 Å². The molecule has 0 bridgehead atoms. The van der Waals surface area contributed by atoms with Gasteiger partial charge in [-0.25, -0.2) is 0 Å². The smallest absolute Gasteiger partial charge is 0.0429 e. The second kappa shape index (κ2) is 6.31. The normalized spacial score (nSPS) is 13.4. The summed E-state index contributed by atoms with van der Waals surface area (Å²) in [6.07, 6.45) is 1.16. The molecule has 0 aliphatic carbocycles. The first-order valence-corrected chi connectivity index (χ1v) is 6.54. The fourth-order valence-corrected chi connectivity index (χ4v) is 2.45. The Bertz CT molecular complexity index is 303. The number of hydrogen-bond acceptors (Lipinski definition) is 2. The van der Waals surface area contributed by atoms with E-state index in [1.807, 2.05) is 0 Å². The van der Waals surface area contributed by atoms with Gasteiger partial charge in [-0.15, -0.1) is 0 Å². The van der Waals surface area contributed by atoms with Gasteiger partial charge in [-0.1, -0.05) is 38.1 Å².